The number of carbonyl (C=O) groups is 1. The van der Waals surface area contributed by atoms with Crippen LogP contribution in [0.15, 0.2) is 18.5 Å². The second kappa shape index (κ2) is 7.21. The maximum Gasteiger partial charge on any atom is 0.406 e. The summed E-state index contributed by atoms with van der Waals surface area (Å²) in [6, 6.07) is 3.12. The molecule has 2 N–H and O–H groups in total. The van der Waals surface area contributed by atoms with Crippen molar-refractivity contribution in [2.75, 3.05) is 13.7 Å². The number of carbonyl (C=O) groups excluding carboxylic acids is 1. The van der Waals surface area contributed by atoms with Crippen LogP contribution in [0.2, 0.25) is 0 Å². The van der Waals surface area contributed by atoms with Crippen LogP contribution in [0, 0.1) is 6.92 Å². The highest BCUT2D eigenvalue weighted by atomic mass is 16.5. The Morgan fingerprint density at radius 1 is 1.50 bits per heavy atom. The number of rotatable bonds is 7. The normalized spacial score (nSPS) is 15.5. The average molecular weight is 330 g/mol. The third-order valence-electron chi connectivity index (χ3n) is 4.49. The van der Waals surface area contributed by atoms with Gasteiger partial charge in [-0.3, -0.25) is 4.98 Å². The predicted molar refractivity (Wildman–Crippen MR) is 94.1 cm³/mol. The zero-order chi connectivity index (χ0) is 17.1. The van der Waals surface area contributed by atoms with E-state index in [-0.39, 0.29) is 6.09 Å². The molecule has 1 unspecified atom stereocenters. The van der Waals surface area contributed by atoms with E-state index < -0.39 is 0 Å². The van der Waals surface area contributed by atoms with Crippen LogP contribution >= 0.6 is 0 Å². The highest BCUT2D eigenvalue weighted by Gasteiger charge is 2.25. The van der Waals surface area contributed by atoms with Gasteiger partial charge in [0.1, 0.15) is 0 Å². The zero-order valence-corrected chi connectivity index (χ0v) is 14.6. The maximum atomic E-state index is 11.1. The van der Waals surface area contributed by atoms with E-state index in [2.05, 4.69) is 44.1 Å². The summed E-state index contributed by atoms with van der Waals surface area (Å²) in [5.74, 6) is 0. The van der Waals surface area contributed by atoms with E-state index in [9.17, 15) is 4.79 Å². The first kappa shape index (κ1) is 16.8. The number of alkyl carbamates (subject to hydrolysis) is 1. The molecule has 0 spiro atoms. The van der Waals surface area contributed by atoms with E-state index >= 15 is 0 Å². The fourth-order valence-corrected chi connectivity index (χ4v) is 3.05. The summed E-state index contributed by atoms with van der Waals surface area (Å²) in [6.45, 7) is 5.68. The Morgan fingerprint density at radius 3 is 3.00 bits per heavy atom. The van der Waals surface area contributed by atoms with Crippen molar-refractivity contribution in [2.45, 2.75) is 51.7 Å². The third kappa shape index (κ3) is 3.87. The molecule has 1 amide bonds. The molecule has 0 aliphatic heterocycles. The molecule has 0 aromatic carbocycles. The topological polar surface area (TPSA) is 68.2 Å². The molecule has 6 heteroatoms. The van der Waals surface area contributed by atoms with Gasteiger partial charge in [0.05, 0.1) is 12.6 Å². The van der Waals surface area contributed by atoms with Crippen molar-refractivity contribution in [3.63, 3.8) is 0 Å². The van der Waals surface area contributed by atoms with Crippen molar-refractivity contribution in [1.82, 2.24) is 20.2 Å². The summed E-state index contributed by atoms with van der Waals surface area (Å²) in [6.07, 6.45) is 7.23. The first-order valence-corrected chi connectivity index (χ1v) is 8.61. The molecule has 3 rings (SSSR count). The lowest BCUT2D eigenvalue weighted by atomic mass is 10.1. The molecule has 1 aliphatic rings. The molecular weight excluding hydrogens is 304 g/mol. The van der Waals surface area contributed by atoms with Crippen molar-refractivity contribution >= 4 is 17.0 Å². The number of aromatic nitrogens is 2. The Kier molecular flexibility index (Phi) is 5.04. The van der Waals surface area contributed by atoms with Crippen molar-refractivity contribution in [2.24, 2.45) is 0 Å². The van der Waals surface area contributed by atoms with E-state index in [1.165, 1.54) is 36.4 Å². The highest BCUT2D eigenvalue weighted by molar-refractivity contribution is 5.84. The summed E-state index contributed by atoms with van der Waals surface area (Å²) < 4.78 is 6.86. The summed E-state index contributed by atoms with van der Waals surface area (Å²) >= 11 is 0. The zero-order valence-electron chi connectivity index (χ0n) is 14.6. The van der Waals surface area contributed by atoms with Crippen molar-refractivity contribution in [1.29, 1.82) is 0 Å². The second-order valence-corrected chi connectivity index (χ2v) is 6.56. The van der Waals surface area contributed by atoms with Crippen LogP contribution < -0.4 is 10.6 Å². The van der Waals surface area contributed by atoms with Gasteiger partial charge in [-0.15, -0.1) is 0 Å². The SMILES string of the molecule is COC(=O)NCCCn1cc(C(C)NC2CC2)c2cnc(C)cc21. The average Bonchev–Trinajstić information content (AvgIpc) is 3.31. The van der Waals surface area contributed by atoms with Gasteiger partial charge in [-0.1, -0.05) is 0 Å². The maximum absolute atomic E-state index is 11.1. The standard InChI is InChI=1S/C18H26N4O2/c1-12-9-17-15(10-20-12)16(13(2)21-14-5-6-14)11-22(17)8-4-7-19-18(23)24-3/h9-11,13-14,21H,4-8H2,1-3H3,(H,19,23). The molecule has 0 radical (unpaired) electrons. The predicted octanol–water partition coefficient (Wildman–Crippen LogP) is 2.90. The number of fused-ring (bicyclic) bond motifs is 1. The number of ether oxygens (including phenoxy) is 1. The second-order valence-electron chi connectivity index (χ2n) is 6.56. The molecular formula is C18H26N4O2. The number of pyridine rings is 1. The summed E-state index contributed by atoms with van der Waals surface area (Å²) in [5.41, 5.74) is 3.52. The fourth-order valence-electron chi connectivity index (χ4n) is 3.05. The number of nitrogens with one attached hydrogen (secondary N) is 2. The number of amides is 1. The molecule has 0 saturated heterocycles. The molecule has 1 saturated carbocycles. The van der Waals surface area contributed by atoms with E-state index in [1.807, 2.05) is 13.1 Å². The van der Waals surface area contributed by atoms with Crippen molar-refractivity contribution < 1.29 is 9.53 Å². The number of hydrogen-bond acceptors (Lipinski definition) is 4. The fraction of sp³-hybridized carbons (Fsp3) is 0.556. The molecule has 2 aromatic heterocycles. The summed E-state index contributed by atoms with van der Waals surface area (Å²) in [5, 5.41) is 7.60. The van der Waals surface area contributed by atoms with E-state index in [4.69, 9.17) is 0 Å². The van der Waals surface area contributed by atoms with Crippen LogP contribution in [-0.2, 0) is 11.3 Å². The quantitative estimate of drug-likeness (QED) is 0.766. The first-order valence-electron chi connectivity index (χ1n) is 8.61. The van der Waals surface area contributed by atoms with Crippen LogP contribution in [0.3, 0.4) is 0 Å². The van der Waals surface area contributed by atoms with E-state index in [1.54, 1.807) is 0 Å². The van der Waals surface area contributed by atoms with Crippen molar-refractivity contribution in [3.8, 4) is 0 Å². The first-order chi connectivity index (χ1) is 11.6. The number of hydrogen-bond donors (Lipinski definition) is 2. The molecule has 1 aliphatic carbocycles. The lowest BCUT2D eigenvalue weighted by Gasteiger charge is -2.12. The van der Waals surface area contributed by atoms with Crippen LogP contribution in [0.4, 0.5) is 4.79 Å². The summed E-state index contributed by atoms with van der Waals surface area (Å²) in [4.78, 5) is 15.6. The monoisotopic (exact) mass is 330 g/mol. The number of methoxy groups -OCH3 is 1. The molecule has 24 heavy (non-hydrogen) atoms. The van der Waals surface area contributed by atoms with Gasteiger partial charge in [0.15, 0.2) is 0 Å². The minimum Gasteiger partial charge on any atom is -0.453 e. The Hall–Kier alpha value is -2.08. The van der Waals surface area contributed by atoms with Crippen molar-refractivity contribution in [3.05, 3.63) is 29.7 Å². The van der Waals surface area contributed by atoms with Crippen LogP contribution in [0.1, 0.15) is 43.5 Å². The van der Waals surface area contributed by atoms with Gasteiger partial charge in [0.25, 0.3) is 0 Å². The molecule has 1 atom stereocenters. The molecule has 2 heterocycles. The van der Waals surface area contributed by atoms with Gasteiger partial charge in [-0.2, -0.15) is 0 Å². The van der Waals surface area contributed by atoms with Gasteiger partial charge in [0.2, 0.25) is 0 Å². The van der Waals surface area contributed by atoms with Gasteiger partial charge >= 0.3 is 6.09 Å². The number of aryl methyl sites for hydroxylation is 2. The Labute approximate surface area is 142 Å². The highest BCUT2D eigenvalue weighted by Crippen LogP contribution is 2.30. The molecule has 1 fully saturated rings. The largest absolute Gasteiger partial charge is 0.453 e. The molecule has 2 aromatic rings. The van der Waals surface area contributed by atoms with Gasteiger partial charge in [-0.25, -0.2) is 4.79 Å². The Morgan fingerprint density at radius 2 is 2.29 bits per heavy atom. The van der Waals surface area contributed by atoms with E-state index in [0.717, 1.165) is 18.7 Å². The molecule has 130 valence electrons. The van der Waals surface area contributed by atoms with Gasteiger partial charge in [0, 0.05) is 48.6 Å². The smallest absolute Gasteiger partial charge is 0.406 e. The van der Waals surface area contributed by atoms with Crippen LogP contribution in [0.5, 0.6) is 0 Å². The summed E-state index contributed by atoms with van der Waals surface area (Å²) in [7, 11) is 1.38. The molecule has 6 nitrogen and oxygen atoms in total. The minimum atomic E-state index is -0.379. The Balaban J connectivity index is 1.75. The lowest BCUT2D eigenvalue weighted by Crippen LogP contribution is -2.24. The third-order valence-corrected chi connectivity index (χ3v) is 4.49. The van der Waals surface area contributed by atoms with Crippen LogP contribution in [-0.4, -0.2) is 35.3 Å². The molecule has 0 bridgehead atoms. The van der Waals surface area contributed by atoms with Gasteiger partial charge in [-0.05, 0) is 44.7 Å². The Bertz CT molecular complexity index is 721. The van der Waals surface area contributed by atoms with E-state index in [0.29, 0.717) is 18.6 Å². The van der Waals surface area contributed by atoms with Crippen LogP contribution in [0.25, 0.3) is 10.9 Å². The number of nitrogens with zero attached hydrogens (tertiary/aromatic N) is 2. The minimum absolute atomic E-state index is 0.318. The van der Waals surface area contributed by atoms with Gasteiger partial charge < -0.3 is 19.9 Å². The lowest BCUT2D eigenvalue weighted by molar-refractivity contribution is 0.171.